The highest BCUT2D eigenvalue weighted by Crippen LogP contribution is 2.22. The van der Waals surface area contributed by atoms with Gasteiger partial charge < -0.3 is 4.57 Å². The van der Waals surface area contributed by atoms with E-state index in [0.717, 1.165) is 21.3 Å². The van der Waals surface area contributed by atoms with Crippen LogP contribution in [-0.4, -0.2) is 24.1 Å². The number of hydrogen-bond donors (Lipinski definition) is 0. The average Bonchev–Trinajstić information content (AvgIpc) is 2.90. The quantitative estimate of drug-likeness (QED) is 0.651. The fourth-order valence-corrected chi connectivity index (χ4v) is 5.45. The van der Waals surface area contributed by atoms with Gasteiger partial charge in [-0.1, -0.05) is 29.5 Å². The molecule has 7 heteroatoms. The molecule has 1 heterocycles. The fraction of sp³-hybridized carbons (Fsp3) is 0.333. The molecule has 0 bridgehead atoms. The molecule has 0 atom stereocenters. The summed E-state index contributed by atoms with van der Waals surface area (Å²) < 4.78 is 27.4. The third-order valence-corrected chi connectivity index (χ3v) is 7.93. The minimum Gasteiger partial charge on any atom is -0.319 e. The zero-order valence-corrected chi connectivity index (χ0v) is 18.3. The Balaban J connectivity index is 1.87. The summed E-state index contributed by atoms with van der Waals surface area (Å²) in [7, 11) is -1.39. The molecule has 3 aromatic rings. The van der Waals surface area contributed by atoms with E-state index in [1.807, 2.05) is 11.6 Å². The molecule has 0 fully saturated rings. The molecule has 0 radical (unpaired) electrons. The second-order valence-electron chi connectivity index (χ2n) is 7.29. The Hall–Kier alpha value is -2.25. The van der Waals surface area contributed by atoms with Crippen molar-refractivity contribution in [2.75, 3.05) is 0 Å². The highest BCUT2D eigenvalue weighted by molar-refractivity contribution is 7.92. The lowest BCUT2D eigenvalue weighted by atomic mass is 10.1. The van der Waals surface area contributed by atoms with E-state index in [4.69, 9.17) is 0 Å². The molecule has 148 valence electrons. The molecule has 3 rings (SSSR count). The number of thiazole rings is 1. The van der Waals surface area contributed by atoms with Gasteiger partial charge in [0.25, 0.3) is 5.91 Å². The maximum atomic E-state index is 12.5. The van der Waals surface area contributed by atoms with Crippen LogP contribution in [0.5, 0.6) is 0 Å². The van der Waals surface area contributed by atoms with E-state index in [1.165, 1.54) is 16.9 Å². The molecule has 5 nitrogen and oxygen atoms in total. The summed E-state index contributed by atoms with van der Waals surface area (Å²) in [5, 5.41) is -0.477. The maximum Gasteiger partial charge on any atom is 0.252 e. The highest BCUT2D eigenvalue weighted by Gasteiger charge is 2.18. The van der Waals surface area contributed by atoms with E-state index in [2.05, 4.69) is 31.0 Å². The van der Waals surface area contributed by atoms with Crippen molar-refractivity contribution in [1.82, 2.24) is 4.57 Å². The van der Waals surface area contributed by atoms with Gasteiger partial charge in [0.05, 0.1) is 26.8 Å². The van der Waals surface area contributed by atoms with Gasteiger partial charge in [-0.05, 0) is 62.6 Å². The number of carbonyl (C=O) groups excluding carboxylic acids is 1. The molecule has 0 N–H and O–H groups in total. The Labute approximate surface area is 169 Å². The van der Waals surface area contributed by atoms with Gasteiger partial charge in [-0.3, -0.25) is 4.79 Å². The van der Waals surface area contributed by atoms with E-state index in [-0.39, 0.29) is 17.2 Å². The first-order valence-corrected chi connectivity index (χ1v) is 11.4. The van der Waals surface area contributed by atoms with Gasteiger partial charge >= 0.3 is 0 Å². The lowest BCUT2D eigenvalue weighted by Crippen LogP contribution is -2.15. The Morgan fingerprint density at radius 1 is 1.14 bits per heavy atom. The van der Waals surface area contributed by atoms with Gasteiger partial charge in [0.15, 0.2) is 14.6 Å². The monoisotopic (exact) mass is 416 g/mol. The number of fused-ring (bicyclic) bond motifs is 1. The average molecular weight is 417 g/mol. The van der Waals surface area contributed by atoms with Gasteiger partial charge in [0.2, 0.25) is 0 Å². The number of hydrogen-bond acceptors (Lipinski definition) is 4. The van der Waals surface area contributed by atoms with Crippen LogP contribution in [0.2, 0.25) is 0 Å². The highest BCUT2D eigenvalue weighted by atomic mass is 32.2. The number of aromatic nitrogens is 1. The zero-order chi connectivity index (χ0) is 20.6. The SMILES string of the molecule is Cc1cc(C)c2c(c1)sc(=NC(=O)Cc1ccc(S(=O)(=O)C(C)C)cc1)n2C. The summed E-state index contributed by atoms with van der Waals surface area (Å²) in [6, 6.07) is 10.7. The first kappa shape index (κ1) is 20.5. The first-order chi connectivity index (χ1) is 13.1. The third-order valence-electron chi connectivity index (χ3n) is 4.68. The lowest BCUT2D eigenvalue weighted by Gasteiger charge is -2.08. The molecular formula is C21H24N2O3S2. The number of nitrogens with zero attached hydrogens (tertiary/aromatic N) is 2. The minimum absolute atomic E-state index is 0.133. The Morgan fingerprint density at radius 3 is 2.39 bits per heavy atom. The molecule has 0 aliphatic heterocycles. The van der Waals surface area contributed by atoms with Crippen LogP contribution < -0.4 is 4.80 Å². The van der Waals surface area contributed by atoms with Crippen molar-refractivity contribution in [3.05, 3.63) is 57.9 Å². The van der Waals surface area contributed by atoms with Crippen LogP contribution in [0.4, 0.5) is 0 Å². The number of sulfone groups is 1. The summed E-state index contributed by atoms with van der Waals surface area (Å²) in [6.45, 7) is 7.41. The molecule has 0 unspecified atom stereocenters. The fourth-order valence-electron chi connectivity index (χ4n) is 3.18. The number of aryl methyl sites for hydroxylation is 3. The Kier molecular flexibility index (Phi) is 5.59. The van der Waals surface area contributed by atoms with Crippen LogP contribution in [0.1, 0.15) is 30.5 Å². The number of rotatable bonds is 4. The smallest absolute Gasteiger partial charge is 0.252 e. The Morgan fingerprint density at radius 2 is 1.79 bits per heavy atom. The first-order valence-electron chi connectivity index (χ1n) is 9.07. The second-order valence-corrected chi connectivity index (χ2v) is 10.8. The van der Waals surface area contributed by atoms with Gasteiger partial charge in [-0.2, -0.15) is 4.99 Å². The number of carbonyl (C=O) groups is 1. The summed E-state index contributed by atoms with van der Waals surface area (Å²) in [4.78, 5) is 17.7. The summed E-state index contributed by atoms with van der Waals surface area (Å²) in [5.74, 6) is -0.254. The third kappa shape index (κ3) is 3.95. The summed E-state index contributed by atoms with van der Waals surface area (Å²) >= 11 is 1.50. The molecule has 0 aliphatic carbocycles. The predicted molar refractivity (Wildman–Crippen MR) is 113 cm³/mol. The molecule has 0 aliphatic rings. The molecule has 1 amide bonds. The van der Waals surface area contributed by atoms with Crippen molar-refractivity contribution in [2.45, 2.75) is 44.3 Å². The predicted octanol–water partition coefficient (Wildman–Crippen LogP) is 3.71. The zero-order valence-electron chi connectivity index (χ0n) is 16.7. The van der Waals surface area contributed by atoms with Crippen molar-refractivity contribution < 1.29 is 13.2 Å². The molecule has 0 saturated carbocycles. The molecule has 28 heavy (non-hydrogen) atoms. The van der Waals surface area contributed by atoms with Crippen LogP contribution in [0.25, 0.3) is 10.2 Å². The second kappa shape index (κ2) is 7.64. The van der Waals surface area contributed by atoms with Crippen LogP contribution in [-0.2, 0) is 28.1 Å². The maximum absolute atomic E-state index is 12.5. The topological polar surface area (TPSA) is 68.5 Å². The summed E-state index contributed by atoms with van der Waals surface area (Å²) in [6.07, 6.45) is 0.133. The van der Waals surface area contributed by atoms with E-state index >= 15 is 0 Å². The van der Waals surface area contributed by atoms with Crippen LogP contribution in [0.15, 0.2) is 46.3 Å². The molecule has 0 saturated heterocycles. The lowest BCUT2D eigenvalue weighted by molar-refractivity contribution is -0.117. The summed E-state index contributed by atoms with van der Waals surface area (Å²) in [5.41, 5.74) is 4.17. The van der Waals surface area contributed by atoms with E-state index < -0.39 is 15.1 Å². The van der Waals surface area contributed by atoms with Crippen molar-refractivity contribution in [2.24, 2.45) is 12.0 Å². The van der Waals surface area contributed by atoms with E-state index in [0.29, 0.717) is 4.80 Å². The molecule has 1 aromatic heterocycles. The molecule has 2 aromatic carbocycles. The number of benzene rings is 2. The largest absolute Gasteiger partial charge is 0.319 e. The van der Waals surface area contributed by atoms with Crippen molar-refractivity contribution in [3.63, 3.8) is 0 Å². The standard InChI is InChI=1S/C21H24N2O3S2/c1-13(2)28(25,26)17-8-6-16(7-9-17)12-19(24)22-21-23(5)20-15(4)10-14(3)11-18(20)27-21/h6-11,13H,12H2,1-5H3. The van der Waals surface area contributed by atoms with Gasteiger partial charge in [0.1, 0.15) is 0 Å². The number of amides is 1. The van der Waals surface area contributed by atoms with Crippen molar-refractivity contribution >= 4 is 37.3 Å². The van der Waals surface area contributed by atoms with Crippen molar-refractivity contribution in [3.8, 4) is 0 Å². The molecular weight excluding hydrogens is 392 g/mol. The van der Waals surface area contributed by atoms with E-state index in [9.17, 15) is 13.2 Å². The molecule has 0 spiro atoms. The minimum atomic E-state index is -3.31. The van der Waals surface area contributed by atoms with Crippen LogP contribution >= 0.6 is 11.3 Å². The van der Waals surface area contributed by atoms with Gasteiger partial charge in [0, 0.05) is 7.05 Å². The Bertz CT molecular complexity index is 1220. The normalized spacial score (nSPS) is 12.9. The van der Waals surface area contributed by atoms with Gasteiger partial charge in [-0.15, -0.1) is 0 Å². The van der Waals surface area contributed by atoms with Crippen molar-refractivity contribution in [1.29, 1.82) is 0 Å². The van der Waals surface area contributed by atoms with Gasteiger partial charge in [-0.25, -0.2) is 8.42 Å². The van der Waals surface area contributed by atoms with Crippen LogP contribution in [0.3, 0.4) is 0 Å². The van der Waals surface area contributed by atoms with E-state index in [1.54, 1.807) is 38.1 Å². The van der Waals surface area contributed by atoms with Crippen LogP contribution in [0, 0.1) is 13.8 Å².